The Morgan fingerprint density at radius 2 is 1.90 bits per heavy atom. The van der Waals surface area contributed by atoms with Gasteiger partial charge >= 0.3 is 6.03 Å². The fourth-order valence-corrected chi connectivity index (χ4v) is 3.98. The monoisotopic (exact) mass is 408 g/mol. The maximum atomic E-state index is 13.2. The van der Waals surface area contributed by atoms with Crippen LogP contribution in [-0.2, 0) is 0 Å². The molecule has 0 spiro atoms. The smallest absolute Gasteiger partial charge is 0.325 e. The summed E-state index contributed by atoms with van der Waals surface area (Å²) >= 11 is 0. The summed E-state index contributed by atoms with van der Waals surface area (Å²) in [6.45, 7) is 4.17. The molecular weight excluding hydrogens is 376 g/mol. The first kappa shape index (κ1) is 21.8. The molecule has 1 aromatic heterocycles. The van der Waals surface area contributed by atoms with E-state index in [2.05, 4.69) is 18.0 Å². The van der Waals surface area contributed by atoms with Crippen molar-refractivity contribution in [2.75, 3.05) is 31.6 Å². The number of carbonyl (C=O) groups is 1. The number of benzene rings is 1. The van der Waals surface area contributed by atoms with Crippen molar-refractivity contribution in [3.8, 4) is 5.75 Å². The molecule has 1 atom stereocenters. The molecule has 0 unspecified atom stereocenters. The van der Waals surface area contributed by atoms with Crippen LogP contribution in [0, 0.1) is 5.41 Å². The quantitative estimate of drug-likeness (QED) is 0.617. The minimum atomic E-state index is -0.000947. The molecule has 1 aromatic carbocycles. The van der Waals surface area contributed by atoms with Gasteiger partial charge in [-0.3, -0.25) is 4.90 Å². The predicted octanol–water partition coefficient (Wildman–Crippen LogP) is 5.11. The number of para-hydroxylation sites is 1. The molecule has 0 saturated carbocycles. The largest absolute Gasteiger partial charge is 0.496 e. The Balaban J connectivity index is 1.64. The number of nitrogens with one attached hydrogen (secondary N) is 1. The first-order valence-corrected chi connectivity index (χ1v) is 10.8. The number of hydrogen-bond acceptors (Lipinski definition) is 4. The van der Waals surface area contributed by atoms with Crippen molar-refractivity contribution in [1.29, 1.82) is 5.41 Å². The fourth-order valence-electron chi connectivity index (χ4n) is 3.98. The number of rotatable bonds is 8. The van der Waals surface area contributed by atoms with Crippen LogP contribution in [0.15, 0.2) is 48.7 Å². The van der Waals surface area contributed by atoms with Crippen LogP contribution in [0.25, 0.3) is 0 Å². The number of ether oxygens (including phenoxy) is 1. The van der Waals surface area contributed by atoms with Gasteiger partial charge in [0.2, 0.25) is 0 Å². The number of hydrogen-bond donors (Lipinski definition) is 1. The highest BCUT2D eigenvalue weighted by atomic mass is 16.5. The SMILES string of the molecule is COc1ccccc1[C@@H](C)CC(=N)CCN(C(=O)N1CCCCC1)c1ccccn1. The molecule has 2 amide bonds. The lowest BCUT2D eigenvalue weighted by Gasteiger charge is -2.32. The van der Waals surface area contributed by atoms with Crippen LogP contribution in [0.1, 0.15) is 50.5 Å². The summed E-state index contributed by atoms with van der Waals surface area (Å²) in [5.74, 6) is 1.68. The summed E-state index contributed by atoms with van der Waals surface area (Å²) in [5, 5.41) is 8.52. The number of likely N-dealkylation sites (tertiary alicyclic amines) is 1. The number of pyridine rings is 1. The normalized spacial score (nSPS) is 14.8. The number of nitrogens with zero attached hydrogens (tertiary/aromatic N) is 3. The molecule has 2 aromatic rings. The highest BCUT2D eigenvalue weighted by molar-refractivity contribution is 5.92. The Bertz CT molecular complexity index is 834. The first-order chi connectivity index (χ1) is 14.6. The molecule has 30 heavy (non-hydrogen) atoms. The van der Waals surface area contributed by atoms with Gasteiger partial charge in [0.25, 0.3) is 0 Å². The van der Waals surface area contributed by atoms with Crippen LogP contribution in [0.4, 0.5) is 10.6 Å². The molecular formula is C24H32N4O2. The minimum absolute atomic E-state index is 0.000947. The molecule has 2 heterocycles. The number of piperidine rings is 1. The van der Waals surface area contributed by atoms with Gasteiger partial charge in [-0.1, -0.05) is 31.2 Å². The lowest BCUT2D eigenvalue weighted by molar-refractivity contribution is 0.193. The van der Waals surface area contributed by atoms with Crippen LogP contribution in [0.2, 0.25) is 0 Å². The molecule has 1 aliphatic rings. The number of anilines is 1. The zero-order valence-corrected chi connectivity index (χ0v) is 18.0. The third kappa shape index (κ3) is 5.59. The molecule has 0 bridgehead atoms. The average molecular weight is 409 g/mol. The van der Waals surface area contributed by atoms with E-state index in [9.17, 15) is 4.79 Å². The Kier molecular flexibility index (Phi) is 7.82. The predicted molar refractivity (Wildman–Crippen MR) is 121 cm³/mol. The van der Waals surface area contributed by atoms with E-state index in [1.54, 1.807) is 18.2 Å². The highest BCUT2D eigenvalue weighted by Gasteiger charge is 2.25. The summed E-state index contributed by atoms with van der Waals surface area (Å²) in [6.07, 6.45) is 6.14. The van der Waals surface area contributed by atoms with Crippen LogP contribution in [-0.4, -0.2) is 48.4 Å². The number of aromatic nitrogens is 1. The van der Waals surface area contributed by atoms with Crippen molar-refractivity contribution >= 4 is 17.6 Å². The molecule has 1 saturated heterocycles. The van der Waals surface area contributed by atoms with Crippen molar-refractivity contribution in [2.24, 2.45) is 0 Å². The summed E-state index contributed by atoms with van der Waals surface area (Å²) in [4.78, 5) is 21.2. The maximum absolute atomic E-state index is 13.2. The minimum Gasteiger partial charge on any atom is -0.496 e. The van der Waals surface area contributed by atoms with Gasteiger partial charge in [-0.05, 0) is 55.4 Å². The lowest BCUT2D eigenvalue weighted by atomic mass is 9.93. The van der Waals surface area contributed by atoms with E-state index >= 15 is 0 Å². The van der Waals surface area contributed by atoms with E-state index < -0.39 is 0 Å². The van der Waals surface area contributed by atoms with Crippen molar-refractivity contribution in [3.05, 3.63) is 54.2 Å². The van der Waals surface area contributed by atoms with Gasteiger partial charge in [-0.2, -0.15) is 0 Å². The standard InChI is InChI=1S/C24H32N4O2/c1-19(21-10-4-5-11-22(21)30-2)18-20(25)13-17-28(23-12-6-7-14-26-23)24(29)27-15-8-3-9-16-27/h4-7,10-12,14,19,25H,3,8-9,13,15-18H2,1-2H3/t19-/m0/s1. The summed E-state index contributed by atoms with van der Waals surface area (Å²) in [5.41, 5.74) is 1.73. The van der Waals surface area contributed by atoms with Gasteiger partial charge < -0.3 is 15.0 Å². The van der Waals surface area contributed by atoms with Crippen LogP contribution >= 0.6 is 0 Å². The zero-order chi connectivity index (χ0) is 21.3. The second-order valence-electron chi connectivity index (χ2n) is 7.87. The molecule has 6 heteroatoms. The maximum Gasteiger partial charge on any atom is 0.325 e. The van der Waals surface area contributed by atoms with Crippen molar-refractivity contribution < 1.29 is 9.53 Å². The molecule has 1 aliphatic heterocycles. The van der Waals surface area contributed by atoms with E-state index in [4.69, 9.17) is 10.1 Å². The van der Waals surface area contributed by atoms with Crippen molar-refractivity contribution in [2.45, 2.75) is 44.9 Å². The summed E-state index contributed by atoms with van der Waals surface area (Å²) in [6, 6.07) is 13.6. The van der Waals surface area contributed by atoms with E-state index in [1.165, 1.54) is 6.42 Å². The van der Waals surface area contributed by atoms with E-state index in [0.29, 0.717) is 30.9 Å². The number of carbonyl (C=O) groups excluding carboxylic acids is 1. The molecule has 160 valence electrons. The molecule has 6 nitrogen and oxygen atoms in total. The lowest BCUT2D eigenvalue weighted by Crippen LogP contribution is -2.46. The fraction of sp³-hybridized carbons (Fsp3) is 0.458. The molecule has 1 fully saturated rings. The number of amides is 2. The molecule has 0 aliphatic carbocycles. The highest BCUT2D eigenvalue weighted by Crippen LogP contribution is 2.29. The molecule has 3 rings (SSSR count). The van der Waals surface area contributed by atoms with Gasteiger partial charge in [0.1, 0.15) is 11.6 Å². The topological polar surface area (TPSA) is 69.5 Å². The second-order valence-corrected chi connectivity index (χ2v) is 7.87. The van der Waals surface area contributed by atoms with Crippen molar-refractivity contribution in [1.82, 2.24) is 9.88 Å². The molecule has 1 N–H and O–H groups in total. The Morgan fingerprint density at radius 1 is 1.17 bits per heavy atom. The average Bonchev–Trinajstić information content (AvgIpc) is 2.80. The van der Waals surface area contributed by atoms with Gasteiger partial charge in [0.05, 0.1) is 7.11 Å². The zero-order valence-electron chi connectivity index (χ0n) is 18.0. The van der Waals surface area contributed by atoms with Gasteiger partial charge in [0, 0.05) is 38.0 Å². The molecule has 0 radical (unpaired) electrons. The van der Waals surface area contributed by atoms with E-state index in [-0.39, 0.29) is 11.9 Å². The van der Waals surface area contributed by atoms with E-state index in [1.807, 2.05) is 41.3 Å². The summed E-state index contributed by atoms with van der Waals surface area (Å²) in [7, 11) is 1.67. The Morgan fingerprint density at radius 3 is 2.60 bits per heavy atom. The number of urea groups is 1. The van der Waals surface area contributed by atoms with Crippen LogP contribution in [0.3, 0.4) is 0 Å². The second kappa shape index (κ2) is 10.8. The Hall–Kier alpha value is -2.89. The van der Waals surface area contributed by atoms with Crippen LogP contribution < -0.4 is 9.64 Å². The number of methoxy groups -OCH3 is 1. The van der Waals surface area contributed by atoms with Gasteiger partial charge in [0.15, 0.2) is 0 Å². The van der Waals surface area contributed by atoms with E-state index in [0.717, 1.165) is 37.2 Å². The Labute approximate surface area is 179 Å². The third-order valence-electron chi connectivity index (χ3n) is 5.64. The summed E-state index contributed by atoms with van der Waals surface area (Å²) < 4.78 is 5.47. The van der Waals surface area contributed by atoms with Gasteiger partial charge in [-0.15, -0.1) is 0 Å². The van der Waals surface area contributed by atoms with Crippen molar-refractivity contribution in [3.63, 3.8) is 0 Å². The first-order valence-electron chi connectivity index (χ1n) is 10.8. The van der Waals surface area contributed by atoms with Gasteiger partial charge in [-0.25, -0.2) is 9.78 Å². The van der Waals surface area contributed by atoms with Crippen LogP contribution in [0.5, 0.6) is 5.75 Å². The third-order valence-corrected chi connectivity index (χ3v) is 5.64.